The monoisotopic (exact) mass is 346 g/mol. The molecule has 0 aliphatic carbocycles. The third kappa shape index (κ3) is 6.07. The molecule has 0 spiro atoms. The molecule has 2 amide bonds. The average molecular weight is 346 g/mol. The van der Waals surface area contributed by atoms with Crippen molar-refractivity contribution in [3.63, 3.8) is 0 Å². The number of rotatable bonds is 6. The fourth-order valence-electron chi connectivity index (χ4n) is 3.32. The molecule has 1 fully saturated rings. The fourth-order valence-corrected chi connectivity index (χ4v) is 3.32. The summed E-state index contributed by atoms with van der Waals surface area (Å²) in [5.41, 5.74) is 0. The van der Waals surface area contributed by atoms with Gasteiger partial charge in [0.25, 0.3) is 0 Å². The Morgan fingerprint density at radius 3 is 2.84 bits per heavy atom. The van der Waals surface area contributed by atoms with Crippen LogP contribution in [0, 0.1) is 11.8 Å². The SMILES string of the molecule is CC1CCC(C(C)C)N(C(=O)CCNC(=O)/C=C/c2ccco2)CC1. The second-order valence-corrected chi connectivity index (χ2v) is 7.26. The van der Waals surface area contributed by atoms with Crippen LogP contribution in [0.4, 0.5) is 0 Å². The molecule has 0 saturated carbocycles. The first-order valence-corrected chi connectivity index (χ1v) is 9.26. The number of nitrogens with zero attached hydrogens (tertiary/aromatic N) is 1. The van der Waals surface area contributed by atoms with Crippen LogP contribution < -0.4 is 5.32 Å². The maximum absolute atomic E-state index is 12.6. The molecule has 5 heteroatoms. The zero-order valence-electron chi connectivity index (χ0n) is 15.5. The van der Waals surface area contributed by atoms with E-state index in [1.165, 1.54) is 12.5 Å². The highest BCUT2D eigenvalue weighted by Crippen LogP contribution is 2.26. The number of furan rings is 1. The van der Waals surface area contributed by atoms with E-state index in [1.807, 2.05) is 4.90 Å². The molecule has 25 heavy (non-hydrogen) atoms. The van der Waals surface area contributed by atoms with Crippen LogP contribution in [0.15, 0.2) is 28.9 Å². The molecular weight excluding hydrogens is 316 g/mol. The van der Waals surface area contributed by atoms with E-state index in [0.29, 0.717) is 36.6 Å². The summed E-state index contributed by atoms with van der Waals surface area (Å²) >= 11 is 0. The van der Waals surface area contributed by atoms with Crippen molar-refractivity contribution in [1.82, 2.24) is 10.2 Å². The number of hydrogen-bond acceptors (Lipinski definition) is 3. The van der Waals surface area contributed by atoms with Gasteiger partial charge in [-0.15, -0.1) is 0 Å². The van der Waals surface area contributed by atoms with Crippen molar-refractivity contribution in [2.45, 2.75) is 52.5 Å². The fraction of sp³-hybridized carbons (Fsp3) is 0.600. The quantitative estimate of drug-likeness (QED) is 0.802. The van der Waals surface area contributed by atoms with E-state index < -0.39 is 0 Å². The Morgan fingerprint density at radius 1 is 1.36 bits per heavy atom. The zero-order chi connectivity index (χ0) is 18.2. The Hall–Kier alpha value is -2.04. The van der Waals surface area contributed by atoms with Crippen molar-refractivity contribution in [3.8, 4) is 0 Å². The summed E-state index contributed by atoms with van der Waals surface area (Å²) in [6.07, 6.45) is 8.26. The number of carbonyl (C=O) groups is 2. The van der Waals surface area contributed by atoms with Crippen LogP contribution in [0.3, 0.4) is 0 Å². The van der Waals surface area contributed by atoms with Gasteiger partial charge >= 0.3 is 0 Å². The van der Waals surface area contributed by atoms with Crippen LogP contribution in [0.1, 0.15) is 52.2 Å². The maximum atomic E-state index is 12.6. The summed E-state index contributed by atoms with van der Waals surface area (Å²) in [7, 11) is 0. The van der Waals surface area contributed by atoms with E-state index in [9.17, 15) is 9.59 Å². The zero-order valence-corrected chi connectivity index (χ0v) is 15.5. The minimum atomic E-state index is -0.214. The summed E-state index contributed by atoms with van der Waals surface area (Å²) in [6, 6.07) is 3.86. The molecule has 2 unspecified atom stereocenters. The largest absolute Gasteiger partial charge is 0.465 e. The van der Waals surface area contributed by atoms with Crippen molar-refractivity contribution in [3.05, 3.63) is 30.2 Å². The van der Waals surface area contributed by atoms with E-state index in [2.05, 4.69) is 26.1 Å². The molecule has 2 rings (SSSR count). The normalized spacial score (nSPS) is 21.5. The van der Waals surface area contributed by atoms with E-state index >= 15 is 0 Å². The van der Waals surface area contributed by atoms with Crippen LogP contribution >= 0.6 is 0 Å². The van der Waals surface area contributed by atoms with Gasteiger partial charge in [0.15, 0.2) is 0 Å². The van der Waals surface area contributed by atoms with Crippen LogP contribution in [-0.2, 0) is 9.59 Å². The maximum Gasteiger partial charge on any atom is 0.244 e. The van der Waals surface area contributed by atoms with Gasteiger partial charge in [0.1, 0.15) is 5.76 Å². The summed E-state index contributed by atoms with van der Waals surface area (Å²) in [5, 5.41) is 2.77. The highest BCUT2D eigenvalue weighted by Gasteiger charge is 2.29. The number of carbonyl (C=O) groups excluding carboxylic acids is 2. The predicted molar refractivity (Wildman–Crippen MR) is 98.7 cm³/mol. The van der Waals surface area contributed by atoms with Gasteiger partial charge in [-0.2, -0.15) is 0 Å². The van der Waals surface area contributed by atoms with Gasteiger partial charge in [0, 0.05) is 31.6 Å². The second-order valence-electron chi connectivity index (χ2n) is 7.26. The van der Waals surface area contributed by atoms with Crippen molar-refractivity contribution in [2.75, 3.05) is 13.1 Å². The third-order valence-corrected chi connectivity index (χ3v) is 4.89. The van der Waals surface area contributed by atoms with Crippen molar-refractivity contribution < 1.29 is 14.0 Å². The number of amides is 2. The van der Waals surface area contributed by atoms with Gasteiger partial charge in [-0.3, -0.25) is 9.59 Å². The topological polar surface area (TPSA) is 62.6 Å². The second kappa shape index (κ2) is 9.44. The number of nitrogens with one attached hydrogen (secondary N) is 1. The van der Waals surface area contributed by atoms with E-state index in [-0.39, 0.29) is 11.8 Å². The Balaban J connectivity index is 1.80. The predicted octanol–water partition coefficient (Wildman–Crippen LogP) is 3.47. The lowest BCUT2D eigenvalue weighted by Gasteiger charge is -2.33. The molecule has 1 N–H and O–H groups in total. The van der Waals surface area contributed by atoms with Crippen LogP contribution in [-0.4, -0.2) is 35.8 Å². The lowest BCUT2D eigenvalue weighted by molar-refractivity contribution is -0.134. The molecule has 0 aromatic carbocycles. The first-order chi connectivity index (χ1) is 12.0. The molecule has 0 radical (unpaired) electrons. The van der Waals surface area contributed by atoms with Gasteiger partial charge in [-0.05, 0) is 49.3 Å². The highest BCUT2D eigenvalue weighted by molar-refractivity contribution is 5.91. The van der Waals surface area contributed by atoms with Gasteiger partial charge in [0.05, 0.1) is 6.26 Å². The standard InChI is InChI=1S/C20H30N2O3/c1-15(2)18-8-6-16(3)11-13-22(18)20(24)10-12-21-19(23)9-7-17-5-4-14-25-17/h4-5,7,9,14-16,18H,6,8,10-13H2,1-3H3,(H,21,23)/b9-7+. The molecule has 1 aromatic rings. The van der Waals surface area contributed by atoms with Crippen LogP contribution in [0.5, 0.6) is 0 Å². The van der Waals surface area contributed by atoms with Gasteiger partial charge in [-0.25, -0.2) is 0 Å². The molecule has 1 saturated heterocycles. The van der Waals surface area contributed by atoms with Gasteiger partial charge in [0.2, 0.25) is 11.8 Å². The lowest BCUT2D eigenvalue weighted by atomic mass is 9.95. The average Bonchev–Trinajstić information content (AvgIpc) is 3.01. The van der Waals surface area contributed by atoms with Crippen molar-refractivity contribution >= 4 is 17.9 Å². The Bertz CT molecular complexity index is 578. The molecule has 5 nitrogen and oxygen atoms in total. The van der Waals surface area contributed by atoms with E-state index in [1.54, 1.807) is 24.5 Å². The highest BCUT2D eigenvalue weighted by atomic mass is 16.3. The molecule has 0 bridgehead atoms. The van der Waals surface area contributed by atoms with E-state index in [0.717, 1.165) is 19.4 Å². The summed E-state index contributed by atoms with van der Waals surface area (Å²) in [4.78, 5) is 26.5. The molecular formula is C20H30N2O3. The Labute approximate surface area is 150 Å². The lowest BCUT2D eigenvalue weighted by Crippen LogP contribution is -2.44. The molecule has 2 atom stereocenters. The minimum Gasteiger partial charge on any atom is -0.465 e. The number of hydrogen-bond donors (Lipinski definition) is 1. The first-order valence-electron chi connectivity index (χ1n) is 9.26. The minimum absolute atomic E-state index is 0.142. The Morgan fingerprint density at radius 2 is 2.16 bits per heavy atom. The van der Waals surface area contributed by atoms with Crippen LogP contribution in [0.2, 0.25) is 0 Å². The Kier molecular flexibility index (Phi) is 7.29. The van der Waals surface area contributed by atoms with Crippen LogP contribution in [0.25, 0.3) is 6.08 Å². The molecule has 138 valence electrons. The van der Waals surface area contributed by atoms with E-state index in [4.69, 9.17) is 4.42 Å². The summed E-state index contributed by atoms with van der Waals surface area (Å²) < 4.78 is 5.13. The van der Waals surface area contributed by atoms with Crippen molar-refractivity contribution in [1.29, 1.82) is 0 Å². The third-order valence-electron chi connectivity index (χ3n) is 4.89. The van der Waals surface area contributed by atoms with Crippen molar-refractivity contribution in [2.24, 2.45) is 11.8 Å². The summed E-state index contributed by atoms with van der Waals surface area (Å²) in [5.74, 6) is 1.69. The number of likely N-dealkylation sites (tertiary alicyclic amines) is 1. The molecule has 2 heterocycles. The molecule has 1 aliphatic rings. The van der Waals surface area contributed by atoms with Gasteiger partial charge < -0.3 is 14.6 Å². The molecule has 1 aliphatic heterocycles. The first kappa shape index (κ1) is 19.3. The molecule has 1 aromatic heterocycles. The summed E-state index contributed by atoms with van der Waals surface area (Å²) in [6.45, 7) is 7.81. The smallest absolute Gasteiger partial charge is 0.244 e. The van der Waals surface area contributed by atoms with Gasteiger partial charge in [-0.1, -0.05) is 20.8 Å².